The minimum Gasteiger partial charge on any atom is -0.310 e. The predicted molar refractivity (Wildman–Crippen MR) is 217 cm³/mol. The molecule has 0 saturated heterocycles. The summed E-state index contributed by atoms with van der Waals surface area (Å²) in [5, 5.41) is 0. The van der Waals surface area contributed by atoms with Gasteiger partial charge in [-0.25, -0.2) is 0 Å². The molecule has 0 N–H and O–H groups in total. The molecule has 0 radical (unpaired) electrons. The molecule has 2 aliphatic carbocycles. The largest absolute Gasteiger partial charge is 0.310 e. The fourth-order valence-corrected chi connectivity index (χ4v) is 8.74. The van der Waals surface area contributed by atoms with Crippen LogP contribution in [0.3, 0.4) is 0 Å². The third kappa shape index (κ3) is 5.62. The normalized spacial score (nSPS) is 17.1. The number of rotatable bonds is 4. The zero-order valence-electron chi connectivity index (χ0n) is 32.7. The highest BCUT2D eigenvalue weighted by atomic mass is 15.1. The van der Waals surface area contributed by atoms with Crippen LogP contribution in [-0.4, -0.2) is 0 Å². The Morgan fingerprint density at radius 3 is 1.52 bits per heavy atom. The fraction of sp³-hybridized carbons (Fsp3) is 0.388. The number of fused-ring (bicyclic) bond motifs is 4. The van der Waals surface area contributed by atoms with Gasteiger partial charge in [-0.3, -0.25) is 0 Å². The summed E-state index contributed by atoms with van der Waals surface area (Å²) in [6, 6.07) is 39.9. The molecular formula is C49H57N. The summed E-state index contributed by atoms with van der Waals surface area (Å²) in [5.74, 6) is 0. The van der Waals surface area contributed by atoms with Crippen LogP contribution in [0.5, 0.6) is 0 Å². The average Bonchev–Trinajstić information content (AvgIpc) is 3.28. The summed E-state index contributed by atoms with van der Waals surface area (Å²) < 4.78 is 0. The lowest BCUT2D eigenvalue weighted by Gasteiger charge is -2.43. The van der Waals surface area contributed by atoms with Crippen LogP contribution in [0, 0.1) is 0 Å². The van der Waals surface area contributed by atoms with Gasteiger partial charge in [-0.2, -0.15) is 0 Å². The summed E-state index contributed by atoms with van der Waals surface area (Å²) in [6.07, 6.45) is 2.37. The van der Waals surface area contributed by atoms with Crippen LogP contribution < -0.4 is 4.90 Å². The van der Waals surface area contributed by atoms with Gasteiger partial charge in [-0.1, -0.05) is 150 Å². The van der Waals surface area contributed by atoms with Crippen LogP contribution >= 0.6 is 0 Å². The van der Waals surface area contributed by atoms with Crippen LogP contribution in [-0.2, 0) is 27.1 Å². The van der Waals surface area contributed by atoms with Crippen molar-refractivity contribution in [2.24, 2.45) is 0 Å². The van der Waals surface area contributed by atoms with E-state index in [0.717, 1.165) is 0 Å². The summed E-state index contributed by atoms with van der Waals surface area (Å²) in [4.78, 5) is 2.54. The molecule has 1 nitrogen and oxygen atoms in total. The first kappa shape index (κ1) is 34.4. The summed E-state index contributed by atoms with van der Waals surface area (Å²) in [7, 11) is 0. The molecule has 0 fully saturated rings. The van der Waals surface area contributed by atoms with Crippen molar-refractivity contribution in [3.05, 3.63) is 137 Å². The monoisotopic (exact) mass is 659 g/mol. The fourth-order valence-electron chi connectivity index (χ4n) is 8.74. The van der Waals surface area contributed by atoms with Crippen LogP contribution in [0.25, 0.3) is 22.3 Å². The molecule has 258 valence electrons. The highest BCUT2D eigenvalue weighted by Gasteiger charge is 2.41. The van der Waals surface area contributed by atoms with Gasteiger partial charge in [-0.15, -0.1) is 0 Å². The van der Waals surface area contributed by atoms with Crippen molar-refractivity contribution >= 4 is 17.1 Å². The summed E-state index contributed by atoms with van der Waals surface area (Å²) in [6.45, 7) is 28.4. The van der Waals surface area contributed by atoms with Gasteiger partial charge in [0.2, 0.25) is 0 Å². The van der Waals surface area contributed by atoms with Crippen molar-refractivity contribution < 1.29 is 0 Å². The lowest BCUT2D eigenvalue weighted by molar-refractivity contribution is 0.333. The highest BCUT2D eigenvalue weighted by molar-refractivity contribution is 5.96. The highest BCUT2D eigenvalue weighted by Crippen LogP contribution is 2.56. The third-order valence-electron chi connectivity index (χ3n) is 12.1. The van der Waals surface area contributed by atoms with E-state index in [1.807, 2.05) is 0 Å². The Morgan fingerprint density at radius 1 is 0.460 bits per heavy atom. The maximum Gasteiger partial charge on any atom is 0.0543 e. The van der Waals surface area contributed by atoms with Gasteiger partial charge in [-0.05, 0) is 121 Å². The molecule has 0 saturated carbocycles. The third-order valence-corrected chi connectivity index (χ3v) is 12.1. The second kappa shape index (κ2) is 11.5. The van der Waals surface area contributed by atoms with Gasteiger partial charge in [0.1, 0.15) is 0 Å². The zero-order chi connectivity index (χ0) is 36.0. The molecule has 7 rings (SSSR count). The molecule has 5 aromatic carbocycles. The minimum atomic E-state index is -0.117. The molecular weight excluding hydrogens is 603 g/mol. The molecule has 0 atom stereocenters. The van der Waals surface area contributed by atoms with E-state index >= 15 is 0 Å². The number of hydrogen-bond acceptors (Lipinski definition) is 1. The van der Waals surface area contributed by atoms with E-state index in [2.05, 4.69) is 191 Å². The maximum absolute atomic E-state index is 2.55. The maximum atomic E-state index is 2.55. The van der Waals surface area contributed by atoms with Crippen molar-refractivity contribution in [3.8, 4) is 22.3 Å². The van der Waals surface area contributed by atoms with Crippen LogP contribution in [0.4, 0.5) is 17.1 Å². The van der Waals surface area contributed by atoms with Gasteiger partial charge in [0.05, 0.1) is 5.69 Å². The Balaban J connectivity index is 1.58. The Hall–Kier alpha value is -4.10. The minimum absolute atomic E-state index is 0.0580. The van der Waals surface area contributed by atoms with Crippen molar-refractivity contribution in [2.75, 3.05) is 4.90 Å². The molecule has 0 bridgehead atoms. The van der Waals surface area contributed by atoms with Gasteiger partial charge >= 0.3 is 0 Å². The molecule has 50 heavy (non-hydrogen) atoms. The van der Waals surface area contributed by atoms with Gasteiger partial charge < -0.3 is 4.90 Å². The Bertz CT molecular complexity index is 2010. The van der Waals surface area contributed by atoms with Crippen LogP contribution in [0.2, 0.25) is 0 Å². The van der Waals surface area contributed by atoms with E-state index in [-0.39, 0.29) is 27.1 Å². The second-order valence-corrected chi connectivity index (χ2v) is 19.0. The molecule has 0 aromatic heterocycles. The molecule has 0 aliphatic heterocycles. The Labute approximate surface area is 302 Å². The number of hydrogen-bond donors (Lipinski definition) is 0. The van der Waals surface area contributed by atoms with Gasteiger partial charge in [0.25, 0.3) is 0 Å². The van der Waals surface area contributed by atoms with E-state index in [9.17, 15) is 0 Å². The molecule has 0 unspecified atom stereocenters. The van der Waals surface area contributed by atoms with E-state index in [4.69, 9.17) is 0 Å². The summed E-state index contributed by atoms with van der Waals surface area (Å²) in [5.41, 5.74) is 17.7. The molecule has 2 aliphatic rings. The lowest BCUT2D eigenvalue weighted by atomic mass is 9.61. The lowest BCUT2D eigenvalue weighted by Crippen LogP contribution is -2.34. The molecule has 5 aromatic rings. The standard InChI is InChI=1S/C49H57N/c1-45(2,3)32-20-24-34(25-21-32)50(35-26-22-33(23-27-35)46(4,5)6)43-31-42-38(36-16-13-14-18-40(36)49(42,11)12)30-39(43)37-17-15-19-41-44(37)48(9,10)29-28-47(41,7)8/h13-27,30-31H,28-29H2,1-12H3. The Morgan fingerprint density at radius 2 is 0.960 bits per heavy atom. The topological polar surface area (TPSA) is 3.24 Å². The van der Waals surface area contributed by atoms with Crippen molar-refractivity contribution in [2.45, 2.75) is 123 Å². The number of nitrogens with zero attached hydrogens (tertiary/aromatic N) is 1. The smallest absolute Gasteiger partial charge is 0.0543 e. The number of benzene rings is 5. The predicted octanol–water partition coefficient (Wildman–Crippen LogP) is 14.1. The second-order valence-electron chi connectivity index (χ2n) is 19.0. The molecule has 1 heteroatoms. The quantitative estimate of drug-likeness (QED) is 0.186. The first-order valence-corrected chi connectivity index (χ1v) is 18.7. The van der Waals surface area contributed by atoms with E-state index in [1.165, 1.54) is 85.5 Å². The molecule has 0 heterocycles. The average molecular weight is 660 g/mol. The van der Waals surface area contributed by atoms with Crippen molar-refractivity contribution in [1.29, 1.82) is 0 Å². The van der Waals surface area contributed by atoms with Crippen LogP contribution in [0.15, 0.2) is 103 Å². The molecule has 0 spiro atoms. The van der Waals surface area contributed by atoms with E-state index < -0.39 is 0 Å². The first-order chi connectivity index (χ1) is 23.3. The summed E-state index contributed by atoms with van der Waals surface area (Å²) >= 11 is 0. The van der Waals surface area contributed by atoms with Gasteiger partial charge in [0, 0.05) is 22.4 Å². The van der Waals surface area contributed by atoms with Crippen molar-refractivity contribution in [1.82, 2.24) is 0 Å². The molecule has 0 amide bonds. The van der Waals surface area contributed by atoms with E-state index in [1.54, 1.807) is 0 Å². The van der Waals surface area contributed by atoms with Crippen LogP contribution in [0.1, 0.15) is 129 Å². The van der Waals surface area contributed by atoms with E-state index in [0.29, 0.717) is 0 Å². The number of anilines is 3. The zero-order valence-corrected chi connectivity index (χ0v) is 32.7. The SMILES string of the molecule is CC(C)(C)c1ccc(N(c2ccc(C(C)(C)C)cc2)c2cc3c(cc2-c2cccc4c2C(C)(C)CCC4(C)C)-c2ccccc2C3(C)C)cc1. The Kier molecular flexibility index (Phi) is 7.87. The van der Waals surface area contributed by atoms with Crippen molar-refractivity contribution in [3.63, 3.8) is 0 Å². The van der Waals surface area contributed by atoms with Gasteiger partial charge in [0.15, 0.2) is 0 Å². The first-order valence-electron chi connectivity index (χ1n) is 18.7.